The summed E-state index contributed by atoms with van der Waals surface area (Å²) in [6.45, 7) is 2.02. The molecule has 1 saturated carbocycles. The lowest BCUT2D eigenvalue weighted by Crippen LogP contribution is -1.78. The van der Waals surface area contributed by atoms with Gasteiger partial charge in [0.05, 0.1) is 6.10 Å². The lowest BCUT2D eigenvalue weighted by atomic mass is 10.5. The first kappa shape index (κ1) is 4.60. The summed E-state index contributed by atoms with van der Waals surface area (Å²) in [4.78, 5) is 0.387. The fourth-order valence-electron chi connectivity index (χ4n) is 0.394. The molecule has 1 fully saturated rings. The Morgan fingerprint density at radius 2 is 1.83 bits per heavy atom. The summed E-state index contributed by atoms with van der Waals surface area (Å²) >= 11 is 3.26. The molecule has 0 aromatic heterocycles. The SMILES string of the molecule is C[C@H]1[C@@H](O)[C@H]1Br. The van der Waals surface area contributed by atoms with Crippen LogP contribution in [0.5, 0.6) is 0 Å². The van der Waals surface area contributed by atoms with Crippen LogP contribution in [0.4, 0.5) is 0 Å². The van der Waals surface area contributed by atoms with E-state index < -0.39 is 0 Å². The molecule has 6 heavy (non-hydrogen) atoms. The minimum Gasteiger partial charge on any atom is -0.392 e. The standard InChI is InChI=1S/C4H7BrO/c1-2-3(5)4(2)6/h2-4,6H,1H3/t2-,3+,4-/m1/s1. The minimum absolute atomic E-state index is 0.0648. The van der Waals surface area contributed by atoms with Crippen LogP contribution in [0.3, 0.4) is 0 Å². The van der Waals surface area contributed by atoms with Gasteiger partial charge in [-0.25, -0.2) is 0 Å². The molecule has 1 aliphatic carbocycles. The zero-order chi connectivity index (χ0) is 4.73. The molecule has 0 heterocycles. The molecule has 0 unspecified atom stereocenters. The molecule has 0 aromatic rings. The van der Waals surface area contributed by atoms with Gasteiger partial charge in [-0.05, 0) is 5.92 Å². The fraction of sp³-hybridized carbons (Fsp3) is 1.00. The predicted molar refractivity (Wildman–Crippen MR) is 27.9 cm³/mol. The Morgan fingerprint density at radius 1 is 1.67 bits per heavy atom. The third kappa shape index (κ3) is 0.482. The first-order valence-electron chi connectivity index (χ1n) is 2.05. The van der Waals surface area contributed by atoms with Crippen LogP contribution >= 0.6 is 15.9 Å². The van der Waals surface area contributed by atoms with Crippen LogP contribution in [0, 0.1) is 5.92 Å². The lowest BCUT2D eigenvalue weighted by Gasteiger charge is -1.67. The summed E-state index contributed by atoms with van der Waals surface area (Å²) < 4.78 is 0. The van der Waals surface area contributed by atoms with E-state index in [4.69, 9.17) is 5.11 Å². The van der Waals surface area contributed by atoms with Gasteiger partial charge in [-0.2, -0.15) is 0 Å². The maximum atomic E-state index is 8.66. The smallest absolute Gasteiger partial charge is 0.0705 e. The summed E-state index contributed by atoms with van der Waals surface area (Å²) in [6, 6.07) is 0. The van der Waals surface area contributed by atoms with E-state index in [2.05, 4.69) is 15.9 Å². The molecule has 1 nitrogen and oxygen atoms in total. The average molecular weight is 151 g/mol. The molecule has 2 heteroatoms. The van der Waals surface area contributed by atoms with Crippen molar-refractivity contribution in [1.82, 2.24) is 0 Å². The van der Waals surface area contributed by atoms with E-state index in [1.165, 1.54) is 0 Å². The van der Waals surface area contributed by atoms with Gasteiger partial charge in [0.2, 0.25) is 0 Å². The number of halogens is 1. The highest BCUT2D eigenvalue weighted by molar-refractivity contribution is 9.09. The summed E-state index contributed by atoms with van der Waals surface area (Å²) in [5.41, 5.74) is 0. The Labute approximate surface area is 45.5 Å². The number of hydrogen-bond donors (Lipinski definition) is 1. The van der Waals surface area contributed by atoms with E-state index in [-0.39, 0.29) is 6.10 Å². The second kappa shape index (κ2) is 1.20. The number of aliphatic hydroxyl groups excluding tert-OH is 1. The van der Waals surface area contributed by atoms with Crippen molar-refractivity contribution in [2.45, 2.75) is 17.9 Å². The Kier molecular flexibility index (Phi) is 0.922. The van der Waals surface area contributed by atoms with Crippen LogP contribution in [-0.2, 0) is 0 Å². The molecule has 0 aliphatic heterocycles. The van der Waals surface area contributed by atoms with Crippen LogP contribution in [-0.4, -0.2) is 16.0 Å². The van der Waals surface area contributed by atoms with Crippen molar-refractivity contribution in [2.24, 2.45) is 5.92 Å². The Morgan fingerprint density at radius 3 is 1.83 bits per heavy atom. The van der Waals surface area contributed by atoms with E-state index in [1.807, 2.05) is 6.92 Å². The number of aliphatic hydroxyl groups is 1. The van der Waals surface area contributed by atoms with Gasteiger partial charge in [0, 0.05) is 4.83 Å². The van der Waals surface area contributed by atoms with Gasteiger partial charge >= 0.3 is 0 Å². The van der Waals surface area contributed by atoms with Gasteiger partial charge in [-0.1, -0.05) is 22.9 Å². The van der Waals surface area contributed by atoms with Gasteiger partial charge < -0.3 is 5.11 Å². The molecule has 0 amide bonds. The van der Waals surface area contributed by atoms with Gasteiger partial charge in [-0.3, -0.25) is 0 Å². The molecule has 0 saturated heterocycles. The normalized spacial score (nSPS) is 55.5. The van der Waals surface area contributed by atoms with Crippen LogP contribution in [0.2, 0.25) is 0 Å². The summed E-state index contributed by atoms with van der Waals surface area (Å²) in [6.07, 6.45) is -0.0648. The second-order valence-corrected chi connectivity index (χ2v) is 2.85. The van der Waals surface area contributed by atoms with E-state index in [0.29, 0.717) is 10.7 Å². The van der Waals surface area contributed by atoms with Crippen LogP contribution < -0.4 is 0 Å². The molecule has 1 rings (SSSR count). The molecule has 36 valence electrons. The van der Waals surface area contributed by atoms with E-state index in [0.717, 1.165) is 0 Å². The largest absolute Gasteiger partial charge is 0.392 e. The monoisotopic (exact) mass is 150 g/mol. The van der Waals surface area contributed by atoms with Crippen LogP contribution in [0.1, 0.15) is 6.92 Å². The van der Waals surface area contributed by atoms with E-state index in [1.54, 1.807) is 0 Å². The number of rotatable bonds is 0. The Balaban J connectivity index is 2.31. The fourth-order valence-corrected chi connectivity index (χ4v) is 1.01. The quantitative estimate of drug-likeness (QED) is 0.506. The molecule has 1 aliphatic rings. The first-order valence-corrected chi connectivity index (χ1v) is 2.97. The average Bonchev–Trinajstić information content (AvgIpc) is 1.94. The zero-order valence-corrected chi connectivity index (χ0v) is 5.14. The highest BCUT2D eigenvalue weighted by Gasteiger charge is 2.43. The molecular weight excluding hydrogens is 144 g/mol. The van der Waals surface area contributed by atoms with Crippen molar-refractivity contribution < 1.29 is 5.11 Å². The molecule has 1 N–H and O–H groups in total. The summed E-state index contributed by atoms with van der Waals surface area (Å²) in [5.74, 6) is 0.491. The third-order valence-corrected chi connectivity index (χ3v) is 2.60. The van der Waals surface area contributed by atoms with Crippen molar-refractivity contribution in [3.05, 3.63) is 0 Å². The third-order valence-electron chi connectivity index (χ3n) is 1.23. The van der Waals surface area contributed by atoms with Gasteiger partial charge in [-0.15, -0.1) is 0 Å². The summed E-state index contributed by atoms with van der Waals surface area (Å²) in [5, 5.41) is 8.66. The molecule has 0 radical (unpaired) electrons. The summed E-state index contributed by atoms with van der Waals surface area (Å²) in [7, 11) is 0. The van der Waals surface area contributed by atoms with E-state index >= 15 is 0 Å². The van der Waals surface area contributed by atoms with Crippen LogP contribution in [0.25, 0.3) is 0 Å². The Bertz CT molecular complexity index is 44.3. The van der Waals surface area contributed by atoms with Crippen molar-refractivity contribution in [2.75, 3.05) is 0 Å². The Hall–Kier alpha value is 0.440. The lowest BCUT2D eigenvalue weighted by molar-refractivity contribution is 0.265. The molecule has 3 atom stereocenters. The highest BCUT2D eigenvalue weighted by Crippen LogP contribution is 2.37. The maximum absolute atomic E-state index is 8.66. The molecule has 0 bridgehead atoms. The minimum atomic E-state index is -0.0648. The number of hydrogen-bond acceptors (Lipinski definition) is 1. The van der Waals surface area contributed by atoms with Crippen molar-refractivity contribution in [3.63, 3.8) is 0 Å². The maximum Gasteiger partial charge on any atom is 0.0705 e. The molecular formula is C4H7BrO. The molecule has 0 spiro atoms. The zero-order valence-electron chi connectivity index (χ0n) is 3.56. The number of alkyl halides is 1. The predicted octanol–water partition coefficient (Wildman–Crippen LogP) is 0.760. The van der Waals surface area contributed by atoms with Crippen LogP contribution in [0.15, 0.2) is 0 Å². The highest BCUT2D eigenvalue weighted by atomic mass is 79.9. The van der Waals surface area contributed by atoms with Gasteiger partial charge in [0.1, 0.15) is 0 Å². The molecule has 0 aromatic carbocycles. The first-order chi connectivity index (χ1) is 2.73. The van der Waals surface area contributed by atoms with Crippen molar-refractivity contribution >= 4 is 15.9 Å². The van der Waals surface area contributed by atoms with Gasteiger partial charge in [0.25, 0.3) is 0 Å². The second-order valence-electron chi connectivity index (χ2n) is 1.79. The van der Waals surface area contributed by atoms with Gasteiger partial charge in [0.15, 0.2) is 0 Å². The topological polar surface area (TPSA) is 20.2 Å². The van der Waals surface area contributed by atoms with Crippen molar-refractivity contribution in [3.8, 4) is 0 Å². The van der Waals surface area contributed by atoms with Crippen molar-refractivity contribution in [1.29, 1.82) is 0 Å². The van der Waals surface area contributed by atoms with E-state index in [9.17, 15) is 0 Å².